The van der Waals surface area contributed by atoms with Crippen LogP contribution >= 0.6 is 11.8 Å². The summed E-state index contributed by atoms with van der Waals surface area (Å²) in [7, 11) is 0. The van der Waals surface area contributed by atoms with Gasteiger partial charge in [-0.05, 0) is 79.2 Å². The number of hydrogen-bond donors (Lipinski definition) is 0. The lowest BCUT2D eigenvalue weighted by atomic mass is 10.1. The number of carbonyl (C=O) groups excluding carboxylic acids is 2. The Balaban J connectivity index is 1.41. The van der Waals surface area contributed by atoms with Crippen molar-refractivity contribution in [2.75, 3.05) is 19.8 Å². The van der Waals surface area contributed by atoms with Crippen LogP contribution in [-0.4, -0.2) is 35.8 Å². The highest BCUT2D eigenvalue weighted by atomic mass is 32.2. The zero-order chi connectivity index (χ0) is 25.5. The molecule has 0 aliphatic carbocycles. The number of nitrogens with zero attached hydrogens (tertiary/aromatic N) is 1. The van der Waals surface area contributed by atoms with Gasteiger partial charge in [-0.1, -0.05) is 35.9 Å². The highest BCUT2D eigenvalue weighted by Crippen LogP contribution is 2.35. The molecule has 4 rings (SSSR count). The van der Waals surface area contributed by atoms with E-state index in [1.807, 2.05) is 38.1 Å². The van der Waals surface area contributed by atoms with Crippen LogP contribution in [0.1, 0.15) is 23.6 Å². The first-order chi connectivity index (χ1) is 17.4. The summed E-state index contributed by atoms with van der Waals surface area (Å²) in [5.74, 6) is 1.07. The number of imide groups is 1. The molecular weight excluding hydrogens is 481 g/mol. The van der Waals surface area contributed by atoms with Crippen molar-refractivity contribution < 1.29 is 28.2 Å². The molecule has 3 aromatic rings. The van der Waals surface area contributed by atoms with E-state index in [1.54, 1.807) is 36.4 Å². The molecule has 0 radical (unpaired) electrons. The van der Waals surface area contributed by atoms with E-state index in [0.717, 1.165) is 22.9 Å². The van der Waals surface area contributed by atoms with Crippen LogP contribution in [-0.2, 0) is 11.4 Å². The molecule has 0 spiro atoms. The summed E-state index contributed by atoms with van der Waals surface area (Å²) in [5.41, 5.74) is 2.65. The second kappa shape index (κ2) is 11.8. The van der Waals surface area contributed by atoms with Crippen LogP contribution in [0.15, 0.2) is 71.6 Å². The van der Waals surface area contributed by atoms with Gasteiger partial charge in [0.1, 0.15) is 24.8 Å². The summed E-state index contributed by atoms with van der Waals surface area (Å²) < 4.78 is 30.4. The molecule has 1 heterocycles. The fraction of sp³-hybridized carbons (Fsp3) is 0.214. The number of carbonyl (C=O) groups is 2. The van der Waals surface area contributed by atoms with Gasteiger partial charge in [-0.3, -0.25) is 14.5 Å². The highest BCUT2D eigenvalue weighted by molar-refractivity contribution is 8.18. The van der Waals surface area contributed by atoms with Gasteiger partial charge in [-0.25, -0.2) is 4.39 Å². The van der Waals surface area contributed by atoms with E-state index in [1.165, 1.54) is 17.0 Å². The smallest absolute Gasteiger partial charge is 0.293 e. The van der Waals surface area contributed by atoms with Crippen molar-refractivity contribution in [2.45, 2.75) is 20.5 Å². The first-order valence-electron chi connectivity index (χ1n) is 11.5. The van der Waals surface area contributed by atoms with Crippen LogP contribution in [0.4, 0.5) is 9.18 Å². The Morgan fingerprint density at radius 1 is 0.917 bits per heavy atom. The number of rotatable bonds is 10. The Morgan fingerprint density at radius 2 is 1.67 bits per heavy atom. The lowest BCUT2D eigenvalue weighted by Crippen LogP contribution is -2.32. The van der Waals surface area contributed by atoms with E-state index in [0.29, 0.717) is 34.3 Å². The molecule has 0 saturated carbocycles. The molecule has 0 aromatic heterocycles. The molecular formula is C28H26FNO5S. The normalized spacial score (nSPS) is 14.4. The topological polar surface area (TPSA) is 65.1 Å². The van der Waals surface area contributed by atoms with Crippen molar-refractivity contribution >= 4 is 29.0 Å². The van der Waals surface area contributed by atoms with Crippen molar-refractivity contribution in [3.05, 3.63) is 94.1 Å². The number of thioether (sulfide) groups is 1. The summed E-state index contributed by atoms with van der Waals surface area (Å²) in [6.45, 7) is 4.90. The molecule has 8 heteroatoms. The van der Waals surface area contributed by atoms with Gasteiger partial charge in [-0.15, -0.1) is 0 Å². The zero-order valence-electron chi connectivity index (χ0n) is 20.0. The maximum absolute atomic E-state index is 13.1. The molecule has 1 aliphatic heterocycles. The van der Waals surface area contributed by atoms with E-state index < -0.39 is 0 Å². The summed E-state index contributed by atoms with van der Waals surface area (Å²) in [6.07, 6.45) is 1.66. The third-order valence-electron chi connectivity index (χ3n) is 5.35. The molecule has 36 heavy (non-hydrogen) atoms. The molecule has 0 unspecified atom stereocenters. The van der Waals surface area contributed by atoms with Gasteiger partial charge in [0, 0.05) is 0 Å². The largest absolute Gasteiger partial charge is 0.492 e. The predicted octanol–water partition coefficient (Wildman–Crippen LogP) is 6.23. The van der Waals surface area contributed by atoms with Crippen molar-refractivity contribution in [3.8, 4) is 17.2 Å². The Labute approximate surface area is 213 Å². The van der Waals surface area contributed by atoms with Crippen LogP contribution in [0.5, 0.6) is 17.2 Å². The minimum Gasteiger partial charge on any atom is -0.492 e. The molecule has 1 saturated heterocycles. The monoisotopic (exact) mass is 507 g/mol. The van der Waals surface area contributed by atoms with Crippen molar-refractivity contribution in [1.82, 2.24) is 4.90 Å². The van der Waals surface area contributed by atoms with Crippen LogP contribution in [0.25, 0.3) is 6.08 Å². The number of hydrogen-bond acceptors (Lipinski definition) is 6. The number of ether oxygens (including phenoxy) is 3. The van der Waals surface area contributed by atoms with E-state index >= 15 is 0 Å². The molecule has 186 valence electrons. The molecule has 3 aromatic carbocycles. The summed E-state index contributed by atoms with van der Waals surface area (Å²) in [5, 5.41) is -0.331. The Morgan fingerprint density at radius 3 is 2.39 bits per heavy atom. The highest BCUT2D eigenvalue weighted by Gasteiger charge is 2.34. The Bertz CT molecular complexity index is 1260. The van der Waals surface area contributed by atoms with E-state index in [4.69, 9.17) is 14.2 Å². The predicted molar refractivity (Wildman–Crippen MR) is 138 cm³/mol. The first kappa shape index (κ1) is 25.3. The molecule has 0 N–H and O–H groups in total. The van der Waals surface area contributed by atoms with Gasteiger partial charge in [0.15, 0.2) is 11.5 Å². The Kier molecular flexibility index (Phi) is 8.28. The maximum Gasteiger partial charge on any atom is 0.293 e. The van der Waals surface area contributed by atoms with E-state index in [9.17, 15) is 14.0 Å². The second-order valence-electron chi connectivity index (χ2n) is 8.05. The summed E-state index contributed by atoms with van der Waals surface area (Å²) in [4.78, 5) is 26.8. The van der Waals surface area contributed by atoms with Gasteiger partial charge in [0.25, 0.3) is 11.1 Å². The number of aryl methyl sites for hydroxylation is 1. The lowest BCUT2D eigenvalue weighted by molar-refractivity contribution is -0.123. The SMILES string of the molecule is CCOc1cc(/C=C2\SC(=O)N(CCOc3ccc(C)cc3)C2=O)ccc1OCc1ccc(F)cc1. The van der Waals surface area contributed by atoms with Crippen LogP contribution in [0.3, 0.4) is 0 Å². The molecule has 6 nitrogen and oxygen atoms in total. The van der Waals surface area contributed by atoms with E-state index in [-0.39, 0.29) is 36.7 Å². The standard InChI is InChI=1S/C28H26FNO5S/c1-3-33-25-16-21(8-13-24(25)35-18-20-6-9-22(29)10-7-20)17-26-27(31)30(28(32)36-26)14-15-34-23-11-4-19(2)5-12-23/h4-13,16-17H,3,14-15,18H2,1-2H3/b26-17-. The van der Waals surface area contributed by atoms with Crippen LogP contribution < -0.4 is 14.2 Å². The molecule has 1 fully saturated rings. The van der Waals surface area contributed by atoms with Gasteiger partial charge in [-0.2, -0.15) is 0 Å². The number of benzene rings is 3. The fourth-order valence-electron chi connectivity index (χ4n) is 3.48. The molecule has 0 atom stereocenters. The molecule has 1 aliphatic rings. The van der Waals surface area contributed by atoms with Gasteiger partial charge in [0.05, 0.1) is 18.1 Å². The van der Waals surface area contributed by atoms with Crippen molar-refractivity contribution in [3.63, 3.8) is 0 Å². The van der Waals surface area contributed by atoms with Gasteiger partial charge in [0.2, 0.25) is 0 Å². The van der Waals surface area contributed by atoms with Crippen molar-refractivity contribution in [1.29, 1.82) is 0 Å². The second-order valence-corrected chi connectivity index (χ2v) is 9.04. The Hall–Kier alpha value is -3.78. The maximum atomic E-state index is 13.1. The minimum atomic E-state index is -0.355. The van der Waals surface area contributed by atoms with Gasteiger partial charge < -0.3 is 14.2 Å². The van der Waals surface area contributed by atoms with E-state index in [2.05, 4.69) is 0 Å². The molecule has 2 amide bonds. The third-order valence-corrected chi connectivity index (χ3v) is 6.26. The third kappa shape index (κ3) is 6.46. The van der Waals surface area contributed by atoms with Gasteiger partial charge >= 0.3 is 0 Å². The zero-order valence-corrected chi connectivity index (χ0v) is 20.8. The average molecular weight is 508 g/mol. The number of halogens is 1. The number of amides is 2. The quantitative estimate of drug-likeness (QED) is 0.303. The first-order valence-corrected chi connectivity index (χ1v) is 12.3. The molecule has 0 bridgehead atoms. The minimum absolute atomic E-state index is 0.163. The summed E-state index contributed by atoms with van der Waals surface area (Å²) >= 11 is 0.897. The van der Waals surface area contributed by atoms with Crippen LogP contribution in [0, 0.1) is 12.7 Å². The summed E-state index contributed by atoms with van der Waals surface area (Å²) in [6, 6.07) is 19.0. The van der Waals surface area contributed by atoms with Crippen LogP contribution in [0.2, 0.25) is 0 Å². The lowest BCUT2D eigenvalue weighted by Gasteiger charge is -2.13. The average Bonchev–Trinajstić information content (AvgIpc) is 3.13. The fourth-order valence-corrected chi connectivity index (χ4v) is 4.34. The van der Waals surface area contributed by atoms with Crippen molar-refractivity contribution in [2.24, 2.45) is 0 Å².